The van der Waals surface area contributed by atoms with Crippen molar-refractivity contribution in [3.8, 4) is 0 Å². The molecule has 10 atom stereocenters. The highest BCUT2D eigenvalue weighted by molar-refractivity contribution is 4.91. The Morgan fingerprint density at radius 3 is 1.83 bits per heavy atom. The lowest BCUT2D eigenvalue weighted by atomic mass is 9.98. The van der Waals surface area contributed by atoms with Crippen molar-refractivity contribution < 1.29 is 55.1 Å². The van der Waals surface area contributed by atoms with Gasteiger partial charge < -0.3 is 55.1 Å². The average Bonchev–Trinajstić information content (AvgIpc) is 2.54. The standard InChI is InChI=1S/C12H22O11/c13-1-3-5(14)8(17)10(19)12(23-3)21-2-4-6(15)7(16)9(18)11(20)22-4/h3-20H,1-2H2/t3-,4-,5-,6+,7+,8+,9+,10-,11-,12-/m0/s1. The number of hydrogen-bond donors (Lipinski definition) is 8. The topological polar surface area (TPSA) is 190 Å². The van der Waals surface area contributed by atoms with E-state index in [1.54, 1.807) is 0 Å². The predicted molar refractivity (Wildman–Crippen MR) is 68.6 cm³/mol. The number of aliphatic hydroxyl groups excluding tert-OH is 8. The summed E-state index contributed by atoms with van der Waals surface area (Å²) in [5.74, 6) is 0. The third-order valence-electron chi connectivity index (χ3n) is 3.96. The van der Waals surface area contributed by atoms with E-state index in [9.17, 15) is 35.7 Å². The lowest BCUT2D eigenvalue weighted by Gasteiger charge is -2.41. The van der Waals surface area contributed by atoms with E-state index in [4.69, 9.17) is 19.3 Å². The fourth-order valence-electron chi connectivity index (χ4n) is 2.46. The zero-order valence-corrected chi connectivity index (χ0v) is 12.0. The van der Waals surface area contributed by atoms with Gasteiger partial charge in [0.05, 0.1) is 13.2 Å². The van der Waals surface area contributed by atoms with Crippen LogP contribution in [0.15, 0.2) is 0 Å². The molecule has 0 aliphatic carbocycles. The van der Waals surface area contributed by atoms with Crippen LogP contribution in [0.3, 0.4) is 0 Å². The van der Waals surface area contributed by atoms with Gasteiger partial charge in [-0.15, -0.1) is 0 Å². The van der Waals surface area contributed by atoms with E-state index in [-0.39, 0.29) is 0 Å². The largest absolute Gasteiger partial charge is 0.394 e. The molecule has 2 aliphatic heterocycles. The molecule has 2 aliphatic rings. The van der Waals surface area contributed by atoms with Crippen LogP contribution in [0, 0.1) is 0 Å². The van der Waals surface area contributed by atoms with Crippen molar-refractivity contribution in [2.75, 3.05) is 13.2 Å². The molecule has 0 aromatic rings. The van der Waals surface area contributed by atoms with Crippen molar-refractivity contribution in [3.05, 3.63) is 0 Å². The van der Waals surface area contributed by atoms with Crippen molar-refractivity contribution in [3.63, 3.8) is 0 Å². The second-order valence-corrected chi connectivity index (χ2v) is 5.57. The zero-order chi connectivity index (χ0) is 17.3. The van der Waals surface area contributed by atoms with E-state index in [1.165, 1.54) is 0 Å². The maximum atomic E-state index is 9.78. The monoisotopic (exact) mass is 342 g/mol. The van der Waals surface area contributed by atoms with Crippen molar-refractivity contribution in [2.45, 2.75) is 61.4 Å². The maximum absolute atomic E-state index is 9.78. The maximum Gasteiger partial charge on any atom is 0.186 e. The summed E-state index contributed by atoms with van der Waals surface area (Å²) in [5.41, 5.74) is 0. The van der Waals surface area contributed by atoms with E-state index < -0.39 is 74.6 Å². The van der Waals surface area contributed by atoms with Gasteiger partial charge in [0.1, 0.15) is 48.8 Å². The summed E-state index contributed by atoms with van der Waals surface area (Å²) < 4.78 is 15.1. The molecule has 2 fully saturated rings. The highest BCUT2D eigenvalue weighted by Gasteiger charge is 2.46. The minimum Gasteiger partial charge on any atom is -0.394 e. The molecule has 11 nitrogen and oxygen atoms in total. The number of rotatable bonds is 4. The van der Waals surface area contributed by atoms with Crippen LogP contribution in [-0.2, 0) is 14.2 Å². The quantitative estimate of drug-likeness (QED) is 0.243. The predicted octanol–water partition coefficient (Wildman–Crippen LogP) is -5.40. The van der Waals surface area contributed by atoms with Crippen molar-refractivity contribution in [1.82, 2.24) is 0 Å². The van der Waals surface area contributed by atoms with E-state index in [1.807, 2.05) is 0 Å². The van der Waals surface area contributed by atoms with Crippen LogP contribution in [0.25, 0.3) is 0 Å². The normalized spacial score (nSPS) is 51.7. The van der Waals surface area contributed by atoms with Gasteiger partial charge in [0.15, 0.2) is 12.6 Å². The molecule has 2 heterocycles. The van der Waals surface area contributed by atoms with Crippen LogP contribution < -0.4 is 0 Å². The Labute approximate surface area is 130 Å². The summed E-state index contributed by atoms with van der Waals surface area (Å²) in [6.07, 6.45) is -15.3. The minimum absolute atomic E-state index is 0.468. The van der Waals surface area contributed by atoms with Gasteiger partial charge in [0.25, 0.3) is 0 Å². The molecule has 0 spiro atoms. The minimum atomic E-state index is -1.74. The third-order valence-corrected chi connectivity index (χ3v) is 3.96. The Balaban J connectivity index is 1.94. The fourth-order valence-corrected chi connectivity index (χ4v) is 2.46. The summed E-state index contributed by atoms with van der Waals surface area (Å²) in [6.45, 7) is -1.10. The second-order valence-electron chi connectivity index (χ2n) is 5.57. The summed E-state index contributed by atoms with van der Waals surface area (Å²) in [5, 5.41) is 76.1. The molecule has 11 heteroatoms. The Hall–Kier alpha value is -0.440. The van der Waals surface area contributed by atoms with Crippen molar-refractivity contribution >= 4 is 0 Å². The number of aliphatic hydroxyl groups is 8. The highest BCUT2D eigenvalue weighted by Crippen LogP contribution is 2.24. The first-order valence-electron chi connectivity index (χ1n) is 7.07. The Kier molecular flexibility index (Phi) is 6.27. The molecule has 23 heavy (non-hydrogen) atoms. The molecule has 8 N–H and O–H groups in total. The SMILES string of the molecule is OC[C@@H]1O[C@H](OC[C@@H]2O[C@H](O)[C@H](O)[C@H](O)[C@@H]2O)[C@@H](O)[C@H](O)[C@H]1O. The molecule has 0 unspecified atom stereocenters. The van der Waals surface area contributed by atoms with Gasteiger partial charge in [-0.1, -0.05) is 0 Å². The van der Waals surface area contributed by atoms with Crippen LogP contribution in [0.2, 0.25) is 0 Å². The summed E-state index contributed by atoms with van der Waals surface area (Å²) in [4.78, 5) is 0. The van der Waals surface area contributed by atoms with Crippen LogP contribution >= 0.6 is 0 Å². The summed E-state index contributed by atoms with van der Waals surface area (Å²) in [7, 11) is 0. The van der Waals surface area contributed by atoms with Gasteiger partial charge >= 0.3 is 0 Å². The molecule has 2 rings (SSSR count). The second kappa shape index (κ2) is 7.63. The van der Waals surface area contributed by atoms with Crippen LogP contribution in [-0.4, -0.2) is 115 Å². The Morgan fingerprint density at radius 2 is 1.22 bits per heavy atom. The lowest BCUT2D eigenvalue weighted by molar-refractivity contribution is -0.325. The molecule has 0 saturated carbocycles. The first-order valence-corrected chi connectivity index (χ1v) is 7.07. The lowest BCUT2D eigenvalue weighted by Crippen LogP contribution is -2.61. The summed E-state index contributed by atoms with van der Waals surface area (Å²) >= 11 is 0. The van der Waals surface area contributed by atoms with Crippen LogP contribution in [0.1, 0.15) is 0 Å². The zero-order valence-electron chi connectivity index (χ0n) is 12.0. The number of hydrogen-bond acceptors (Lipinski definition) is 11. The van der Waals surface area contributed by atoms with Crippen LogP contribution in [0.5, 0.6) is 0 Å². The first-order chi connectivity index (χ1) is 10.8. The van der Waals surface area contributed by atoms with E-state index >= 15 is 0 Å². The molecule has 2 saturated heterocycles. The van der Waals surface area contributed by atoms with Crippen molar-refractivity contribution in [2.24, 2.45) is 0 Å². The number of ether oxygens (including phenoxy) is 3. The molecule has 0 aromatic carbocycles. The molecular formula is C12H22O11. The van der Waals surface area contributed by atoms with Gasteiger partial charge in [-0.3, -0.25) is 0 Å². The van der Waals surface area contributed by atoms with Gasteiger partial charge in [-0.2, -0.15) is 0 Å². The molecule has 0 aromatic heterocycles. The van der Waals surface area contributed by atoms with E-state index in [0.717, 1.165) is 0 Å². The molecule has 0 amide bonds. The smallest absolute Gasteiger partial charge is 0.186 e. The third kappa shape index (κ3) is 3.81. The Bertz CT molecular complexity index is 380. The Morgan fingerprint density at radius 1 is 0.652 bits per heavy atom. The van der Waals surface area contributed by atoms with Gasteiger partial charge in [-0.25, -0.2) is 0 Å². The summed E-state index contributed by atoms with van der Waals surface area (Å²) in [6, 6.07) is 0. The molecule has 0 bridgehead atoms. The molecule has 0 radical (unpaired) electrons. The van der Waals surface area contributed by atoms with Crippen molar-refractivity contribution in [1.29, 1.82) is 0 Å². The van der Waals surface area contributed by atoms with E-state index in [0.29, 0.717) is 0 Å². The molecular weight excluding hydrogens is 320 g/mol. The first kappa shape index (κ1) is 18.9. The molecule has 136 valence electrons. The average molecular weight is 342 g/mol. The fraction of sp³-hybridized carbons (Fsp3) is 1.00. The highest BCUT2D eigenvalue weighted by atomic mass is 16.7. The van der Waals surface area contributed by atoms with Gasteiger partial charge in [-0.05, 0) is 0 Å². The van der Waals surface area contributed by atoms with Gasteiger partial charge in [0, 0.05) is 0 Å². The van der Waals surface area contributed by atoms with Gasteiger partial charge in [0.2, 0.25) is 0 Å². The van der Waals surface area contributed by atoms with E-state index in [2.05, 4.69) is 0 Å². The van der Waals surface area contributed by atoms with Crippen LogP contribution in [0.4, 0.5) is 0 Å².